The highest BCUT2D eigenvalue weighted by atomic mass is 32.1. The SMILES string of the molecule is Nc1cc2c([nH]c1=O)sc1ccccc12. The van der Waals surface area contributed by atoms with Crippen molar-refractivity contribution in [1.29, 1.82) is 0 Å². The summed E-state index contributed by atoms with van der Waals surface area (Å²) in [6.07, 6.45) is 0. The van der Waals surface area contributed by atoms with Crippen molar-refractivity contribution >= 4 is 37.3 Å². The van der Waals surface area contributed by atoms with E-state index in [1.807, 2.05) is 24.3 Å². The number of benzene rings is 1. The number of aromatic nitrogens is 1. The lowest BCUT2D eigenvalue weighted by molar-refractivity contribution is 1.33. The first-order valence-electron chi connectivity index (χ1n) is 4.56. The Hall–Kier alpha value is -1.81. The summed E-state index contributed by atoms with van der Waals surface area (Å²) in [5.74, 6) is 0. The monoisotopic (exact) mass is 216 g/mol. The van der Waals surface area contributed by atoms with Gasteiger partial charge >= 0.3 is 0 Å². The molecule has 0 spiro atoms. The van der Waals surface area contributed by atoms with Crippen molar-refractivity contribution in [1.82, 2.24) is 4.98 Å². The van der Waals surface area contributed by atoms with Gasteiger partial charge in [0.1, 0.15) is 4.83 Å². The number of rotatable bonds is 0. The van der Waals surface area contributed by atoms with Crippen molar-refractivity contribution < 1.29 is 0 Å². The van der Waals surface area contributed by atoms with Crippen LogP contribution in [0.1, 0.15) is 0 Å². The highest BCUT2D eigenvalue weighted by Gasteiger charge is 2.06. The molecule has 15 heavy (non-hydrogen) atoms. The molecule has 2 heterocycles. The first kappa shape index (κ1) is 8.49. The van der Waals surface area contributed by atoms with Gasteiger partial charge in [-0.3, -0.25) is 4.79 Å². The lowest BCUT2D eigenvalue weighted by atomic mass is 10.2. The Morgan fingerprint density at radius 3 is 2.87 bits per heavy atom. The van der Waals surface area contributed by atoms with Gasteiger partial charge < -0.3 is 10.7 Å². The summed E-state index contributed by atoms with van der Waals surface area (Å²) in [7, 11) is 0. The second-order valence-electron chi connectivity index (χ2n) is 3.39. The summed E-state index contributed by atoms with van der Waals surface area (Å²) in [5.41, 5.74) is 5.65. The molecule has 0 saturated heterocycles. The molecule has 3 rings (SSSR count). The fourth-order valence-corrected chi connectivity index (χ4v) is 2.77. The molecule has 3 N–H and O–H groups in total. The predicted molar refractivity (Wildman–Crippen MR) is 64.4 cm³/mol. The average Bonchev–Trinajstić information content (AvgIpc) is 2.57. The van der Waals surface area contributed by atoms with Crippen LogP contribution in [-0.4, -0.2) is 4.98 Å². The number of anilines is 1. The summed E-state index contributed by atoms with van der Waals surface area (Å²) in [6, 6.07) is 9.78. The van der Waals surface area contributed by atoms with Crippen LogP contribution in [0.25, 0.3) is 20.3 Å². The highest BCUT2D eigenvalue weighted by molar-refractivity contribution is 7.25. The molecular formula is C11H8N2OS. The van der Waals surface area contributed by atoms with Crippen molar-refractivity contribution in [3.8, 4) is 0 Å². The van der Waals surface area contributed by atoms with E-state index in [9.17, 15) is 4.79 Å². The second-order valence-corrected chi connectivity index (χ2v) is 4.45. The number of hydrogen-bond acceptors (Lipinski definition) is 3. The zero-order valence-corrected chi connectivity index (χ0v) is 8.60. The van der Waals surface area contributed by atoms with Crippen LogP contribution >= 0.6 is 11.3 Å². The molecule has 74 valence electrons. The molecule has 0 aliphatic carbocycles. The molecule has 0 atom stereocenters. The van der Waals surface area contributed by atoms with Crippen LogP contribution in [0.15, 0.2) is 35.1 Å². The standard InChI is InChI=1S/C11H8N2OS/c12-8-5-7-6-3-1-2-4-9(6)15-11(7)13-10(8)14/h1-5H,12H2,(H,13,14). The lowest BCUT2D eigenvalue weighted by Crippen LogP contribution is -2.09. The topological polar surface area (TPSA) is 58.9 Å². The third-order valence-electron chi connectivity index (χ3n) is 2.42. The number of thiophene rings is 1. The Morgan fingerprint density at radius 1 is 1.20 bits per heavy atom. The van der Waals surface area contributed by atoms with Crippen LogP contribution in [0, 0.1) is 0 Å². The summed E-state index contributed by atoms with van der Waals surface area (Å²) in [4.78, 5) is 15.0. The highest BCUT2D eigenvalue weighted by Crippen LogP contribution is 2.31. The van der Waals surface area contributed by atoms with Crippen LogP contribution in [0.4, 0.5) is 5.69 Å². The molecule has 0 aliphatic heterocycles. The molecule has 2 aromatic heterocycles. The normalized spacial score (nSPS) is 11.2. The van der Waals surface area contributed by atoms with Gasteiger partial charge in [-0.1, -0.05) is 18.2 Å². The minimum Gasteiger partial charge on any atom is -0.394 e. The lowest BCUT2D eigenvalue weighted by Gasteiger charge is -1.93. The maximum absolute atomic E-state index is 11.3. The summed E-state index contributed by atoms with van der Waals surface area (Å²) in [6.45, 7) is 0. The largest absolute Gasteiger partial charge is 0.394 e. The average molecular weight is 216 g/mol. The summed E-state index contributed by atoms with van der Waals surface area (Å²) < 4.78 is 1.16. The van der Waals surface area contributed by atoms with Crippen molar-refractivity contribution in [3.63, 3.8) is 0 Å². The Morgan fingerprint density at radius 2 is 2.00 bits per heavy atom. The van der Waals surface area contributed by atoms with Crippen LogP contribution in [0.3, 0.4) is 0 Å². The van der Waals surface area contributed by atoms with E-state index in [4.69, 9.17) is 5.73 Å². The quantitative estimate of drug-likeness (QED) is 0.606. The number of nitrogen functional groups attached to an aromatic ring is 1. The Labute approximate surface area is 89.2 Å². The molecule has 3 aromatic rings. The first-order valence-corrected chi connectivity index (χ1v) is 5.37. The van der Waals surface area contributed by atoms with Crippen molar-refractivity contribution in [2.75, 3.05) is 5.73 Å². The number of nitrogens with one attached hydrogen (secondary N) is 1. The smallest absolute Gasteiger partial charge is 0.272 e. The second kappa shape index (κ2) is 2.84. The molecule has 0 aliphatic rings. The number of pyridine rings is 1. The number of hydrogen-bond donors (Lipinski definition) is 2. The van der Waals surface area contributed by atoms with Gasteiger partial charge in [-0.05, 0) is 12.1 Å². The molecule has 3 nitrogen and oxygen atoms in total. The van der Waals surface area contributed by atoms with Crippen molar-refractivity contribution in [2.24, 2.45) is 0 Å². The first-order chi connectivity index (χ1) is 7.25. The Balaban J connectivity index is 2.61. The number of fused-ring (bicyclic) bond motifs is 3. The van der Waals surface area contributed by atoms with Crippen LogP contribution in [0.2, 0.25) is 0 Å². The molecule has 0 amide bonds. The zero-order chi connectivity index (χ0) is 10.4. The number of nitrogens with two attached hydrogens (primary N) is 1. The maximum atomic E-state index is 11.3. The van der Waals surface area contributed by atoms with Gasteiger partial charge in [-0.25, -0.2) is 0 Å². The van der Waals surface area contributed by atoms with E-state index < -0.39 is 0 Å². The number of H-pyrrole nitrogens is 1. The van der Waals surface area contributed by atoms with Gasteiger partial charge in [0.25, 0.3) is 5.56 Å². The fourth-order valence-electron chi connectivity index (χ4n) is 1.70. The van der Waals surface area contributed by atoms with Crippen molar-refractivity contribution in [2.45, 2.75) is 0 Å². The zero-order valence-electron chi connectivity index (χ0n) is 7.78. The Kier molecular flexibility index (Phi) is 1.61. The molecule has 1 aromatic carbocycles. The van der Waals surface area contributed by atoms with Gasteiger partial charge in [0, 0.05) is 15.5 Å². The van der Waals surface area contributed by atoms with Gasteiger partial charge in [-0.2, -0.15) is 0 Å². The van der Waals surface area contributed by atoms with Crippen LogP contribution in [-0.2, 0) is 0 Å². The summed E-state index contributed by atoms with van der Waals surface area (Å²) in [5, 5.41) is 2.16. The van der Waals surface area contributed by atoms with E-state index in [1.165, 1.54) is 0 Å². The summed E-state index contributed by atoms with van der Waals surface area (Å²) >= 11 is 1.57. The van der Waals surface area contributed by atoms with E-state index >= 15 is 0 Å². The molecule has 4 heteroatoms. The third-order valence-corrected chi connectivity index (χ3v) is 3.52. The Bertz CT molecular complexity index is 711. The van der Waals surface area contributed by atoms with Gasteiger partial charge in [0.15, 0.2) is 0 Å². The third kappa shape index (κ3) is 1.15. The van der Waals surface area contributed by atoms with Crippen LogP contribution in [0.5, 0.6) is 0 Å². The molecule has 0 unspecified atom stereocenters. The van der Waals surface area contributed by atoms with E-state index in [2.05, 4.69) is 4.98 Å². The minimum absolute atomic E-state index is 0.214. The van der Waals surface area contributed by atoms with Crippen LogP contribution < -0.4 is 11.3 Å². The van der Waals surface area contributed by atoms with Gasteiger partial charge in [-0.15, -0.1) is 11.3 Å². The minimum atomic E-state index is -0.214. The van der Waals surface area contributed by atoms with E-state index in [-0.39, 0.29) is 11.2 Å². The molecular weight excluding hydrogens is 208 g/mol. The molecule has 0 radical (unpaired) electrons. The fraction of sp³-hybridized carbons (Fsp3) is 0. The number of aromatic amines is 1. The molecule has 0 saturated carbocycles. The molecule has 0 fully saturated rings. The van der Waals surface area contributed by atoms with E-state index in [1.54, 1.807) is 17.4 Å². The van der Waals surface area contributed by atoms with Gasteiger partial charge in [0.05, 0.1) is 5.69 Å². The van der Waals surface area contributed by atoms with E-state index in [0.717, 1.165) is 20.3 Å². The maximum Gasteiger partial charge on any atom is 0.272 e. The van der Waals surface area contributed by atoms with E-state index in [0.29, 0.717) is 0 Å². The molecule has 0 bridgehead atoms. The van der Waals surface area contributed by atoms with Gasteiger partial charge in [0.2, 0.25) is 0 Å². The predicted octanol–water partition coefficient (Wildman–Crippen LogP) is 2.33. The van der Waals surface area contributed by atoms with Crippen molar-refractivity contribution in [3.05, 3.63) is 40.7 Å².